The van der Waals surface area contributed by atoms with E-state index in [1.807, 2.05) is 56.9 Å². The van der Waals surface area contributed by atoms with Gasteiger partial charge in [-0.25, -0.2) is 0 Å². The molecule has 1 aromatic carbocycles. The molecule has 1 aromatic rings. The first-order chi connectivity index (χ1) is 6.90. The second-order valence-electron chi connectivity index (χ2n) is 4.67. The van der Waals surface area contributed by atoms with Crippen LogP contribution in [0.4, 0.5) is 0 Å². The van der Waals surface area contributed by atoms with Crippen molar-refractivity contribution in [2.45, 2.75) is 32.5 Å². The Morgan fingerprint density at radius 3 is 2.20 bits per heavy atom. The summed E-state index contributed by atoms with van der Waals surface area (Å²) in [6.07, 6.45) is 0. The first-order valence-corrected chi connectivity index (χ1v) is 8.59. The van der Waals surface area contributed by atoms with Crippen molar-refractivity contribution < 1.29 is 9.22 Å². The molecule has 0 radical (unpaired) electrons. The highest BCUT2D eigenvalue weighted by molar-refractivity contribution is 6.71. The molecule has 0 fully saturated rings. The second kappa shape index (κ2) is 4.62. The third-order valence-corrected chi connectivity index (χ3v) is 2.87. The summed E-state index contributed by atoms with van der Waals surface area (Å²) >= 11 is 0. The van der Waals surface area contributed by atoms with E-state index in [1.165, 1.54) is 0 Å². The van der Waals surface area contributed by atoms with Gasteiger partial charge in [0.05, 0.1) is 5.92 Å². The van der Waals surface area contributed by atoms with Crippen LogP contribution in [0.1, 0.15) is 18.4 Å². The van der Waals surface area contributed by atoms with E-state index >= 15 is 0 Å². The quantitative estimate of drug-likeness (QED) is 0.734. The Morgan fingerprint density at radius 2 is 1.73 bits per heavy atom. The molecule has 1 rings (SSSR count). The van der Waals surface area contributed by atoms with Crippen molar-refractivity contribution in [3.05, 3.63) is 35.9 Å². The standard InChI is InChI=1S/C12H18O2Si/c1-10(11-8-6-5-7-9-11)12(13)14-15(2,3)4/h5-10H,1-4H3/t10-/m0/s1. The second-order valence-corrected chi connectivity index (χ2v) is 9.09. The van der Waals surface area contributed by atoms with Crippen LogP contribution in [0.3, 0.4) is 0 Å². The van der Waals surface area contributed by atoms with Crippen LogP contribution < -0.4 is 0 Å². The van der Waals surface area contributed by atoms with Crippen LogP contribution in [0.5, 0.6) is 0 Å². The Kier molecular flexibility index (Phi) is 3.69. The van der Waals surface area contributed by atoms with Crippen molar-refractivity contribution in [3.8, 4) is 0 Å². The molecule has 0 aromatic heterocycles. The molecule has 1 atom stereocenters. The molecule has 82 valence electrons. The van der Waals surface area contributed by atoms with Crippen LogP contribution in [0, 0.1) is 0 Å². The molecule has 0 aliphatic heterocycles. The van der Waals surface area contributed by atoms with Gasteiger partial charge in [-0.2, -0.15) is 0 Å². The van der Waals surface area contributed by atoms with Gasteiger partial charge >= 0.3 is 0 Å². The third kappa shape index (κ3) is 3.87. The van der Waals surface area contributed by atoms with Crippen LogP contribution in [-0.4, -0.2) is 14.3 Å². The predicted molar refractivity (Wildman–Crippen MR) is 64.3 cm³/mol. The molecular formula is C12H18O2Si. The maximum absolute atomic E-state index is 11.8. The summed E-state index contributed by atoms with van der Waals surface area (Å²) in [5.41, 5.74) is 1.01. The molecule has 0 spiro atoms. The summed E-state index contributed by atoms with van der Waals surface area (Å²) in [7, 11) is -1.77. The molecule has 0 saturated carbocycles. The molecule has 0 saturated heterocycles. The summed E-state index contributed by atoms with van der Waals surface area (Å²) in [6.45, 7) is 7.94. The van der Waals surface area contributed by atoms with Crippen molar-refractivity contribution >= 4 is 14.3 Å². The van der Waals surface area contributed by atoms with Gasteiger partial charge in [0.25, 0.3) is 5.97 Å². The maximum Gasteiger partial charge on any atom is 0.299 e. The van der Waals surface area contributed by atoms with Gasteiger partial charge in [-0.15, -0.1) is 0 Å². The number of carbonyl (C=O) groups excluding carboxylic acids is 1. The van der Waals surface area contributed by atoms with E-state index in [-0.39, 0.29) is 11.9 Å². The topological polar surface area (TPSA) is 26.3 Å². The zero-order valence-corrected chi connectivity index (χ0v) is 10.8. The van der Waals surface area contributed by atoms with Crippen LogP contribution in [-0.2, 0) is 9.22 Å². The number of rotatable bonds is 3. The molecule has 2 nitrogen and oxygen atoms in total. The Balaban J connectivity index is 2.70. The highest BCUT2D eigenvalue weighted by atomic mass is 28.4. The summed E-state index contributed by atoms with van der Waals surface area (Å²) in [6, 6.07) is 9.73. The largest absolute Gasteiger partial charge is 0.519 e. The van der Waals surface area contributed by atoms with Crippen molar-refractivity contribution in [1.82, 2.24) is 0 Å². The first kappa shape index (κ1) is 12.0. The average molecular weight is 222 g/mol. The third-order valence-electron chi connectivity index (χ3n) is 2.06. The van der Waals surface area contributed by atoms with Crippen LogP contribution in [0.2, 0.25) is 19.6 Å². The lowest BCUT2D eigenvalue weighted by molar-refractivity contribution is -0.136. The number of hydrogen-bond donors (Lipinski definition) is 0. The molecule has 0 aliphatic rings. The first-order valence-electron chi connectivity index (χ1n) is 5.18. The molecule has 0 N–H and O–H groups in total. The zero-order valence-electron chi connectivity index (χ0n) is 9.78. The van der Waals surface area contributed by atoms with E-state index in [4.69, 9.17) is 4.43 Å². The molecule has 15 heavy (non-hydrogen) atoms. The van der Waals surface area contributed by atoms with E-state index in [0.29, 0.717) is 0 Å². The van der Waals surface area contributed by atoms with Gasteiger partial charge in [-0.3, -0.25) is 4.79 Å². The molecular weight excluding hydrogens is 204 g/mol. The van der Waals surface area contributed by atoms with Crippen LogP contribution >= 0.6 is 0 Å². The van der Waals surface area contributed by atoms with E-state index in [2.05, 4.69) is 0 Å². The summed E-state index contributed by atoms with van der Waals surface area (Å²) in [5, 5.41) is 0. The Bertz CT molecular complexity index is 327. The monoisotopic (exact) mass is 222 g/mol. The normalized spacial score (nSPS) is 13.3. The van der Waals surface area contributed by atoms with Crippen molar-refractivity contribution in [2.75, 3.05) is 0 Å². The van der Waals surface area contributed by atoms with E-state index in [0.717, 1.165) is 5.56 Å². The molecule has 3 heteroatoms. The number of carbonyl (C=O) groups is 1. The molecule has 0 amide bonds. The van der Waals surface area contributed by atoms with Crippen molar-refractivity contribution in [1.29, 1.82) is 0 Å². The maximum atomic E-state index is 11.8. The zero-order chi connectivity index (χ0) is 11.5. The Morgan fingerprint density at radius 1 is 1.20 bits per heavy atom. The van der Waals surface area contributed by atoms with Gasteiger partial charge < -0.3 is 4.43 Å². The summed E-state index contributed by atoms with van der Waals surface area (Å²) < 4.78 is 5.45. The molecule has 0 aliphatic carbocycles. The Hall–Kier alpha value is -1.09. The minimum atomic E-state index is -1.77. The van der Waals surface area contributed by atoms with Gasteiger partial charge in [0.2, 0.25) is 8.32 Å². The lowest BCUT2D eigenvalue weighted by Crippen LogP contribution is -2.31. The SMILES string of the molecule is C[C@H](C(=O)O[Si](C)(C)C)c1ccccc1. The van der Waals surface area contributed by atoms with Gasteiger partial charge in [0.1, 0.15) is 0 Å². The summed E-state index contributed by atoms with van der Waals surface area (Å²) in [5.74, 6) is -0.279. The van der Waals surface area contributed by atoms with Gasteiger partial charge in [0.15, 0.2) is 0 Å². The van der Waals surface area contributed by atoms with Gasteiger partial charge in [0, 0.05) is 0 Å². The highest BCUT2D eigenvalue weighted by Crippen LogP contribution is 2.18. The fraction of sp³-hybridized carbons (Fsp3) is 0.417. The molecule has 0 unspecified atom stereocenters. The van der Waals surface area contributed by atoms with E-state index in [9.17, 15) is 4.79 Å². The van der Waals surface area contributed by atoms with Crippen molar-refractivity contribution in [3.63, 3.8) is 0 Å². The summed E-state index contributed by atoms with van der Waals surface area (Å²) in [4.78, 5) is 11.8. The minimum absolute atomic E-state index is 0.111. The van der Waals surface area contributed by atoms with E-state index in [1.54, 1.807) is 0 Å². The van der Waals surface area contributed by atoms with Gasteiger partial charge in [-0.1, -0.05) is 30.3 Å². The van der Waals surface area contributed by atoms with Crippen molar-refractivity contribution in [2.24, 2.45) is 0 Å². The fourth-order valence-electron chi connectivity index (χ4n) is 1.27. The highest BCUT2D eigenvalue weighted by Gasteiger charge is 2.24. The Labute approximate surface area is 92.4 Å². The van der Waals surface area contributed by atoms with Crippen LogP contribution in [0.25, 0.3) is 0 Å². The van der Waals surface area contributed by atoms with Gasteiger partial charge in [-0.05, 0) is 32.1 Å². The number of benzene rings is 1. The minimum Gasteiger partial charge on any atom is -0.519 e. The average Bonchev–Trinajstić information content (AvgIpc) is 2.15. The van der Waals surface area contributed by atoms with Crippen LogP contribution in [0.15, 0.2) is 30.3 Å². The lowest BCUT2D eigenvalue weighted by Gasteiger charge is -2.20. The van der Waals surface area contributed by atoms with E-state index < -0.39 is 8.32 Å². The number of hydrogen-bond acceptors (Lipinski definition) is 2. The smallest absolute Gasteiger partial charge is 0.299 e. The predicted octanol–water partition coefficient (Wildman–Crippen LogP) is 3.17. The molecule has 0 bridgehead atoms. The fourth-order valence-corrected chi connectivity index (χ4v) is 2.05. The lowest BCUT2D eigenvalue weighted by atomic mass is 10.0. The molecule has 0 heterocycles.